The molecule has 2 aromatic heterocycles. The van der Waals surface area contributed by atoms with Crippen molar-refractivity contribution in [3.63, 3.8) is 0 Å². The van der Waals surface area contributed by atoms with E-state index in [2.05, 4.69) is 10.2 Å². The predicted octanol–water partition coefficient (Wildman–Crippen LogP) is 4.75. The van der Waals surface area contributed by atoms with Crippen LogP contribution in [0.25, 0.3) is 10.8 Å². The van der Waals surface area contributed by atoms with E-state index in [9.17, 15) is 9.18 Å². The van der Waals surface area contributed by atoms with E-state index in [1.54, 1.807) is 24.3 Å². The fourth-order valence-electron chi connectivity index (χ4n) is 2.43. The molecule has 0 saturated carbocycles. The van der Waals surface area contributed by atoms with Crippen molar-refractivity contribution in [2.24, 2.45) is 0 Å². The lowest BCUT2D eigenvalue weighted by atomic mass is 10.0. The molecule has 0 radical (unpaired) electrons. The van der Waals surface area contributed by atoms with Crippen LogP contribution in [0.5, 0.6) is 5.75 Å². The summed E-state index contributed by atoms with van der Waals surface area (Å²) < 4.78 is 24.1. The van der Waals surface area contributed by atoms with Crippen LogP contribution in [0.2, 0.25) is 0 Å². The Bertz CT molecular complexity index is 1040. The number of ketones is 1. The molecule has 0 bridgehead atoms. The molecule has 2 aromatic carbocycles. The van der Waals surface area contributed by atoms with Gasteiger partial charge in [-0.3, -0.25) is 4.79 Å². The summed E-state index contributed by atoms with van der Waals surface area (Å²) in [5.74, 6) is 0.841. The molecule has 0 saturated heterocycles. The van der Waals surface area contributed by atoms with Gasteiger partial charge in [0.05, 0.1) is 4.88 Å². The van der Waals surface area contributed by atoms with Gasteiger partial charge in [0.25, 0.3) is 11.8 Å². The van der Waals surface area contributed by atoms with Crippen molar-refractivity contribution in [2.45, 2.75) is 6.61 Å². The maximum Gasteiger partial charge on any atom is 0.257 e. The Morgan fingerprint density at radius 3 is 2.37 bits per heavy atom. The third-order valence-corrected chi connectivity index (χ3v) is 4.64. The lowest BCUT2D eigenvalue weighted by Gasteiger charge is -2.05. The summed E-state index contributed by atoms with van der Waals surface area (Å²) in [4.78, 5) is 13.3. The van der Waals surface area contributed by atoms with E-state index < -0.39 is 0 Å². The van der Waals surface area contributed by atoms with E-state index in [1.807, 2.05) is 17.5 Å². The van der Waals surface area contributed by atoms with Crippen molar-refractivity contribution < 1.29 is 18.3 Å². The molecule has 7 heteroatoms. The standard InChI is InChI=1S/C20H13FN2O3S/c21-15-7-3-13(4-8-15)19(24)14-5-9-16(10-6-14)25-12-18-22-23-20(26-18)17-2-1-11-27-17/h1-11H,12H2. The van der Waals surface area contributed by atoms with Crippen molar-refractivity contribution in [3.05, 3.63) is 88.9 Å². The summed E-state index contributed by atoms with van der Waals surface area (Å²) in [6, 6.07) is 16.0. The Balaban J connectivity index is 1.39. The van der Waals surface area contributed by atoms with Crippen LogP contribution in [0, 0.1) is 5.82 Å². The van der Waals surface area contributed by atoms with E-state index in [-0.39, 0.29) is 18.2 Å². The molecule has 4 rings (SSSR count). The fourth-order valence-corrected chi connectivity index (χ4v) is 3.07. The number of hydrogen-bond acceptors (Lipinski definition) is 6. The lowest BCUT2D eigenvalue weighted by molar-refractivity contribution is 0.103. The number of ether oxygens (including phenoxy) is 1. The first-order chi connectivity index (χ1) is 13.2. The van der Waals surface area contributed by atoms with Crippen molar-refractivity contribution in [1.82, 2.24) is 10.2 Å². The van der Waals surface area contributed by atoms with Crippen molar-refractivity contribution >= 4 is 17.1 Å². The summed E-state index contributed by atoms with van der Waals surface area (Å²) in [7, 11) is 0. The van der Waals surface area contributed by atoms with Gasteiger partial charge in [-0.05, 0) is 60.0 Å². The second-order valence-electron chi connectivity index (χ2n) is 5.63. The zero-order valence-corrected chi connectivity index (χ0v) is 14.8. The molecule has 0 aliphatic carbocycles. The van der Waals surface area contributed by atoms with Gasteiger partial charge in [0.15, 0.2) is 12.4 Å². The van der Waals surface area contributed by atoms with Crippen LogP contribution in [0.1, 0.15) is 21.8 Å². The first-order valence-electron chi connectivity index (χ1n) is 8.08. The average molecular weight is 380 g/mol. The first-order valence-corrected chi connectivity index (χ1v) is 8.96. The summed E-state index contributed by atoms with van der Waals surface area (Å²) in [5, 5.41) is 9.89. The third kappa shape index (κ3) is 3.93. The van der Waals surface area contributed by atoms with Gasteiger partial charge < -0.3 is 9.15 Å². The van der Waals surface area contributed by atoms with Gasteiger partial charge in [-0.15, -0.1) is 21.5 Å². The summed E-state index contributed by atoms with van der Waals surface area (Å²) >= 11 is 1.52. The monoisotopic (exact) mass is 380 g/mol. The smallest absolute Gasteiger partial charge is 0.257 e. The van der Waals surface area contributed by atoms with E-state index in [1.165, 1.54) is 35.6 Å². The third-order valence-electron chi connectivity index (χ3n) is 3.78. The van der Waals surface area contributed by atoms with E-state index in [0.717, 1.165) is 4.88 Å². The highest BCUT2D eigenvalue weighted by Gasteiger charge is 2.11. The number of aromatic nitrogens is 2. The van der Waals surface area contributed by atoms with Crippen LogP contribution >= 0.6 is 11.3 Å². The lowest BCUT2D eigenvalue weighted by Crippen LogP contribution is -2.01. The summed E-state index contributed by atoms with van der Waals surface area (Å²) in [5.41, 5.74) is 0.920. The zero-order chi connectivity index (χ0) is 18.6. The van der Waals surface area contributed by atoms with E-state index >= 15 is 0 Å². The molecule has 0 aliphatic heterocycles. The van der Waals surface area contributed by atoms with Crippen molar-refractivity contribution in [3.8, 4) is 16.5 Å². The Kier molecular flexibility index (Phi) is 4.76. The maximum atomic E-state index is 13.0. The van der Waals surface area contributed by atoms with Gasteiger partial charge in [0.1, 0.15) is 11.6 Å². The van der Waals surface area contributed by atoms with Crippen molar-refractivity contribution in [2.75, 3.05) is 0 Å². The topological polar surface area (TPSA) is 65.2 Å². The minimum absolute atomic E-state index is 0.129. The molecule has 27 heavy (non-hydrogen) atoms. The number of halogens is 1. The Morgan fingerprint density at radius 2 is 1.70 bits per heavy atom. The minimum Gasteiger partial charge on any atom is -0.484 e. The number of carbonyl (C=O) groups excluding carboxylic acids is 1. The van der Waals surface area contributed by atoms with Gasteiger partial charge in [-0.2, -0.15) is 0 Å². The molecule has 0 fully saturated rings. The number of carbonyl (C=O) groups is 1. The Morgan fingerprint density at radius 1 is 1.00 bits per heavy atom. The molecule has 0 spiro atoms. The van der Waals surface area contributed by atoms with Gasteiger partial charge in [0, 0.05) is 11.1 Å². The van der Waals surface area contributed by atoms with E-state index in [0.29, 0.717) is 28.7 Å². The molecule has 0 N–H and O–H groups in total. The molecule has 134 valence electrons. The SMILES string of the molecule is O=C(c1ccc(F)cc1)c1ccc(OCc2nnc(-c3cccs3)o2)cc1. The summed E-state index contributed by atoms with van der Waals surface area (Å²) in [6.45, 7) is 0.129. The van der Waals surface area contributed by atoms with E-state index in [4.69, 9.17) is 9.15 Å². The molecule has 0 atom stereocenters. The second kappa shape index (κ2) is 7.51. The average Bonchev–Trinajstić information content (AvgIpc) is 3.38. The minimum atomic E-state index is -0.376. The van der Waals surface area contributed by atoms with Crippen LogP contribution in [0.4, 0.5) is 4.39 Å². The maximum absolute atomic E-state index is 13.0. The highest BCUT2D eigenvalue weighted by atomic mass is 32.1. The first kappa shape index (κ1) is 17.1. The zero-order valence-electron chi connectivity index (χ0n) is 14.0. The largest absolute Gasteiger partial charge is 0.484 e. The predicted molar refractivity (Wildman–Crippen MR) is 98.2 cm³/mol. The van der Waals surface area contributed by atoms with Gasteiger partial charge in [0.2, 0.25) is 0 Å². The molecular weight excluding hydrogens is 367 g/mol. The number of rotatable bonds is 6. The highest BCUT2D eigenvalue weighted by Crippen LogP contribution is 2.23. The second-order valence-corrected chi connectivity index (χ2v) is 6.58. The molecule has 0 aliphatic rings. The molecule has 4 aromatic rings. The normalized spacial score (nSPS) is 10.7. The van der Waals surface area contributed by atoms with Gasteiger partial charge >= 0.3 is 0 Å². The van der Waals surface area contributed by atoms with Crippen LogP contribution in [0.3, 0.4) is 0 Å². The van der Waals surface area contributed by atoms with Crippen LogP contribution < -0.4 is 4.74 Å². The number of benzene rings is 2. The number of nitrogens with zero attached hydrogens (tertiary/aromatic N) is 2. The highest BCUT2D eigenvalue weighted by molar-refractivity contribution is 7.13. The number of thiophene rings is 1. The molecule has 2 heterocycles. The van der Waals surface area contributed by atoms with Crippen LogP contribution in [-0.4, -0.2) is 16.0 Å². The quantitative estimate of drug-likeness (QED) is 0.452. The van der Waals surface area contributed by atoms with Crippen LogP contribution in [0.15, 0.2) is 70.5 Å². The Labute approximate surface area is 158 Å². The van der Waals surface area contributed by atoms with Gasteiger partial charge in [-0.25, -0.2) is 4.39 Å². The molecule has 0 unspecified atom stereocenters. The summed E-state index contributed by atoms with van der Waals surface area (Å²) in [6.07, 6.45) is 0. The molecule has 0 amide bonds. The fraction of sp³-hybridized carbons (Fsp3) is 0.0500. The van der Waals surface area contributed by atoms with Crippen LogP contribution in [-0.2, 0) is 6.61 Å². The molecular formula is C20H13FN2O3S. The van der Waals surface area contributed by atoms with Crippen molar-refractivity contribution in [1.29, 1.82) is 0 Å². The van der Waals surface area contributed by atoms with Gasteiger partial charge in [-0.1, -0.05) is 6.07 Å². The Hall–Kier alpha value is -3.32. The molecule has 5 nitrogen and oxygen atoms in total. The number of hydrogen-bond donors (Lipinski definition) is 0.